The Hall–Kier alpha value is -0.640. The Labute approximate surface area is 111 Å². The summed E-state index contributed by atoms with van der Waals surface area (Å²) in [5.74, 6) is 1.21. The van der Waals surface area contributed by atoms with Crippen LogP contribution in [0, 0.1) is 11.8 Å². The zero-order valence-corrected chi connectivity index (χ0v) is 12.0. The second-order valence-electron chi connectivity index (χ2n) is 4.81. The van der Waals surface area contributed by atoms with E-state index in [1.165, 1.54) is 12.8 Å². The van der Waals surface area contributed by atoms with Crippen LogP contribution in [-0.4, -0.2) is 15.6 Å². The molecule has 4 heteroatoms. The maximum atomic E-state index is 12.5. The number of aromatic nitrogens is 2. The smallest absolute Gasteiger partial charge is 0.185 e. The SMILES string of the molecule is CCC1CCC(C(=O)c2c(Br)cnn2CC)C1. The van der Waals surface area contributed by atoms with E-state index in [9.17, 15) is 4.79 Å². The van der Waals surface area contributed by atoms with Crippen LogP contribution in [0.2, 0.25) is 0 Å². The van der Waals surface area contributed by atoms with Crippen molar-refractivity contribution >= 4 is 21.7 Å². The van der Waals surface area contributed by atoms with E-state index in [4.69, 9.17) is 0 Å². The lowest BCUT2D eigenvalue weighted by Gasteiger charge is -2.11. The molecule has 0 amide bonds. The van der Waals surface area contributed by atoms with Crippen LogP contribution in [-0.2, 0) is 6.54 Å². The normalized spacial score (nSPS) is 24.2. The van der Waals surface area contributed by atoms with Crippen LogP contribution in [0.5, 0.6) is 0 Å². The van der Waals surface area contributed by atoms with Crippen LogP contribution in [0.3, 0.4) is 0 Å². The van der Waals surface area contributed by atoms with Crippen LogP contribution < -0.4 is 0 Å². The van der Waals surface area contributed by atoms with Crippen molar-refractivity contribution in [1.29, 1.82) is 0 Å². The lowest BCUT2D eigenvalue weighted by Crippen LogP contribution is -2.17. The van der Waals surface area contributed by atoms with Crippen LogP contribution in [0.25, 0.3) is 0 Å². The van der Waals surface area contributed by atoms with Crippen LogP contribution >= 0.6 is 15.9 Å². The third-order valence-electron chi connectivity index (χ3n) is 3.82. The van der Waals surface area contributed by atoms with E-state index in [1.54, 1.807) is 10.9 Å². The van der Waals surface area contributed by atoms with Gasteiger partial charge in [-0.15, -0.1) is 0 Å². The third kappa shape index (κ3) is 2.46. The Bertz CT molecular complexity index is 414. The van der Waals surface area contributed by atoms with Gasteiger partial charge in [0.15, 0.2) is 5.78 Å². The van der Waals surface area contributed by atoms with Gasteiger partial charge >= 0.3 is 0 Å². The van der Waals surface area contributed by atoms with Crippen molar-refractivity contribution < 1.29 is 4.79 Å². The highest BCUT2D eigenvalue weighted by molar-refractivity contribution is 9.10. The maximum absolute atomic E-state index is 12.5. The first-order chi connectivity index (χ1) is 8.17. The number of carbonyl (C=O) groups excluding carboxylic acids is 1. The van der Waals surface area contributed by atoms with Crippen molar-refractivity contribution in [1.82, 2.24) is 9.78 Å². The van der Waals surface area contributed by atoms with Gasteiger partial charge in [-0.2, -0.15) is 5.10 Å². The average Bonchev–Trinajstić information content (AvgIpc) is 2.94. The van der Waals surface area contributed by atoms with Gasteiger partial charge in [0.2, 0.25) is 0 Å². The monoisotopic (exact) mass is 298 g/mol. The predicted octanol–water partition coefficient (Wildman–Crippen LogP) is 3.67. The predicted molar refractivity (Wildman–Crippen MR) is 71.1 cm³/mol. The first-order valence-corrected chi connectivity index (χ1v) is 7.22. The molecule has 17 heavy (non-hydrogen) atoms. The molecular weight excluding hydrogens is 280 g/mol. The molecule has 94 valence electrons. The van der Waals surface area contributed by atoms with Gasteiger partial charge < -0.3 is 0 Å². The topological polar surface area (TPSA) is 34.9 Å². The Morgan fingerprint density at radius 3 is 2.88 bits per heavy atom. The molecule has 1 aliphatic carbocycles. The number of nitrogens with zero attached hydrogens (tertiary/aromatic N) is 2. The zero-order chi connectivity index (χ0) is 12.4. The fourth-order valence-electron chi connectivity index (χ4n) is 2.72. The van der Waals surface area contributed by atoms with E-state index < -0.39 is 0 Å². The second-order valence-corrected chi connectivity index (χ2v) is 5.66. The number of hydrogen-bond donors (Lipinski definition) is 0. The number of carbonyl (C=O) groups is 1. The second kappa shape index (κ2) is 5.34. The number of hydrogen-bond acceptors (Lipinski definition) is 2. The Morgan fingerprint density at radius 2 is 2.29 bits per heavy atom. The Morgan fingerprint density at radius 1 is 1.53 bits per heavy atom. The molecule has 1 saturated carbocycles. The molecule has 0 spiro atoms. The molecule has 1 aromatic rings. The molecular formula is C13H19BrN2O. The van der Waals surface area contributed by atoms with Crippen LogP contribution in [0.15, 0.2) is 10.7 Å². The summed E-state index contributed by atoms with van der Waals surface area (Å²) in [6.07, 6.45) is 6.21. The maximum Gasteiger partial charge on any atom is 0.185 e. The van der Waals surface area contributed by atoms with Crippen molar-refractivity contribution in [2.45, 2.75) is 46.1 Å². The van der Waals surface area contributed by atoms with Gasteiger partial charge in [0.25, 0.3) is 0 Å². The standard InChI is InChI=1S/C13H19BrN2O/c1-3-9-5-6-10(7-9)13(17)12-11(14)8-15-16(12)4-2/h8-10H,3-7H2,1-2H3. The number of rotatable bonds is 4. The van der Waals surface area contributed by atoms with Crippen molar-refractivity contribution in [3.05, 3.63) is 16.4 Å². The summed E-state index contributed by atoms with van der Waals surface area (Å²) in [5, 5.41) is 4.21. The summed E-state index contributed by atoms with van der Waals surface area (Å²) in [6, 6.07) is 0. The van der Waals surface area contributed by atoms with E-state index in [2.05, 4.69) is 28.0 Å². The van der Waals surface area contributed by atoms with Gasteiger partial charge in [-0.1, -0.05) is 13.3 Å². The van der Waals surface area contributed by atoms with Gasteiger partial charge in [0, 0.05) is 12.5 Å². The van der Waals surface area contributed by atoms with Gasteiger partial charge in [-0.25, -0.2) is 0 Å². The summed E-state index contributed by atoms with van der Waals surface area (Å²) in [5.41, 5.74) is 0.759. The summed E-state index contributed by atoms with van der Waals surface area (Å²) >= 11 is 3.43. The summed E-state index contributed by atoms with van der Waals surface area (Å²) in [6.45, 7) is 4.97. The highest BCUT2D eigenvalue weighted by Crippen LogP contribution is 2.35. The van der Waals surface area contributed by atoms with E-state index >= 15 is 0 Å². The van der Waals surface area contributed by atoms with Crippen molar-refractivity contribution in [3.8, 4) is 0 Å². The van der Waals surface area contributed by atoms with E-state index in [0.29, 0.717) is 0 Å². The van der Waals surface area contributed by atoms with Gasteiger partial charge in [0.1, 0.15) is 5.69 Å². The van der Waals surface area contributed by atoms with E-state index in [-0.39, 0.29) is 11.7 Å². The summed E-state index contributed by atoms with van der Waals surface area (Å²) in [4.78, 5) is 12.5. The molecule has 1 aliphatic rings. The molecule has 0 aliphatic heterocycles. The quantitative estimate of drug-likeness (QED) is 0.795. The Balaban J connectivity index is 2.17. The van der Waals surface area contributed by atoms with E-state index in [1.807, 2.05) is 6.92 Å². The lowest BCUT2D eigenvalue weighted by atomic mass is 9.97. The minimum absolute atomic E-state index is 0.207. The minimum Gasteiger partial charge on any atom is -0.292 e. The molecule has 0 aromatic carbocycles. The fraction of sp³-hybridized carbons (Fsp3) is 0.692. The molecule has 0 radical (unpaired) electrons. The highest BCUT2D eigenvalue weighted by atomic mass is 79.9. The molecule has 2 unspecified atom stereocenters. The first kappa shape index (κ1) is 12.8. The minimum atomic E-state index is 0.207. The molecule has 3 nitrogen and oxygen atoms in total. The lowest BCUT2D eigenvalue weighted by molar-refractivity contribution is 0.0908. The molecule has 0 bridgehead atoms. The third-order valence-corrected chi connectivity index (χ3v) is 4.40. The largest absolute Gasteiger partial charge is 0.292 e. The summed E-state index contributed by atoms with van der Waals surface area (Å²) < 4.78 is 2.63. The van der Waals surface area contributed by atoms with Gasteiger partial charge in [-0.3, -0.25) is 9.48 Å². The highest BCUT2D eigenvalue weighted by Gasteiger charge is 2.32. The number of ketones is 1. The number of Topliss-reactive ketones (excluding diaryl/α,β-unsaturated/α-hetero) is 1. The van der Waals surface area contributed by atoms with Crippen LogP contribution in [0.4, 0.5) is 0 Å². The first-order valence-electron chi connectivity index (χ1n) is 6.42. The molecule has 2 rings (SSSR count). The molecule has 1 aromatic heterocycles. The molecule has 1 fully saturated rings. The van der Waals surface area contributed by atoms with Gasteiger partial charge in [-0.05, 0) is 48.0 Å². The zero-order valence-electron chi connectivity index (χ0n) is 10.4. The Kier molecular flexibility index (Phi) is 4.02. The van der Waals surface area contributed by atoms with Crippen molar-refractivity contribution in [2.24, 2.45) is 11.8 Å². The van der Waals surface area contributed by atoms with Crippen LogP contribution in [0.1, 0.15) is 50.0 Å². The van der Waals surface area contributed by atoms with Gasteiger partial charge in [0.05, 0.1) is 10.7 Å². The molecule has 1 heterocycles. The number of aryl methyl sites for hydroxylation is 1. The number of halogens is 1. The summed E-state index contributed by atoms with van der Waals surface area (Å²) in [7, 11) is 0. The molecule has 2 atom stereocenters. The van der Waals surface area contributed by atoms with E-state index in [0.717, 1.165) is 35.5 Å². The average molecular weight is 299 g/mol. The van der Waals surface area contributed by atoms with Crippen molar-refractivity contribution in [3.63, 3.8) is 0 Å². The fourth-order valence-corrected chi connectivity index (χ4v) is 3.22. The van der Waals surface area contributed by atoms with Crippen molar-refractivity contribution in [2.75, 3.05) is 0 Å². The molecule has 0 saturated heterocycles. The molecule has 0 N–H and O–H groups in total.